The van der Waals surface area contributed by atoms with Gasteiger partial charge in [0.15, 0.2) is 11.5 Å². The minimum atomic E-state index is -0.311. The van der Waals surface area contributed by atoms with Gasteiger partial charge in [0, 0.05) is 11.3 Å². The zero-order valence-corrected chi connectivity index (χ0v) is 15.2. The van der Waals surface area contributed by atoms with Crippen molar-refractivity contribution in [3.8, 4) is 11.5 Å². The summed E-state index contributed by atoms with van der Waals surface area (Å²) in [6.07, 6.45) is 0. The lowest BCUT2D eigenvalue weighted by molar-refractivity contribution is 0.102. The van der Waals surface area contributed by atoms with Crippen LogP contribution in [0.1, 0.15) is 21.5 Å². The van der Waals surface area contributed by atoms with Crippen LogP contribution < -0.4 is 14.8 Å². The smallest absolute Gasteiger partial charge is 0.255 e. The SMILES string of the molecule is COc1cc(C(=O)Nc2ccc(F)c(C)c2)ccc1OCc1ccccc1. The summed E-state index contributed by atoms with van der Waals surface area (Å²) in [6, 6.07) is 19.2. The van der Waals surface area contributed by atoms with Crippen molar-refractivity contribution in [3.05, 3.63) is 89.2 Å². The number of rotatable bonds is 6. The lowest BCUT2D eigenvalue weighted by atomic mass is 10.1. The van der Waals surface area contributed by atoms with Gasteiger partial charge in [-0.05, 0) is 54.4 Å². The number of carbonyl (C=O) groups excluding carboxylic acids is 1. The number of halogens is 1. The van der Waals surface area contributed by atoms with Crippen LogP contribution in [0.2, 0.25) is 0 Å². The molecule has 0 atom stereocenters. The van der Waals surface area contributed by atoms with Crippen LogP contribution >= 0.6 is 0 Å². The van der Waals surface area contributed by atoms with Gasteiger partial charge < -0.3 is 14.8 Å². The molecule has 0 aliphatic carbocycles. The lowest BCUT2D eigenvalue weighted by Crippen LogP contribution is -2.12. The number of aryl methyl sites for hydroxylation is 1. The van der Waals surface area contributed by atoms with Crippen molar-refractivity contribution in [3.63, 3.8) is 0 Å². The van der Waals surface area contributed by atoms with Crippen molar-refractivity contribution in [1.82, 2.24) is 0 Å². The fraction of sp³-hybridized carbons (Fsp3) is 0.136. The third-order valence-corrected chi connectivity index (χ3v) is 4.08. The highest BCUT2D eigenvalue weighted by Crippen LogP contribution is 2.29. The number of anilines is 1. The van der Waals surface area contributed by atoms with Crippen molar-refractivity contribution < 1.29 is 18.7 Å². The van der Waals surface area contributed by atoms with E-state index in [0.717, 1.165) is 5.56 Å². The fourth-order valence-corrected chi connectivity index (χ4v) is 2.59. The second kappa shape index (κ2) is 8.36. The summed E-state index contributed by atoms with van der Waals surface area (Å²) in [5.74, 6) is 0.396. The zero-order chi connectivity index (χ0) is 19.2. The highest BCUT2D eigenvalue weighted by molar-refractivity contribution is 6.04. The Morgan fingerprint density at radius 1 is 1.00 bits per heavy atom. The van der Waals surface area contributed by atoms with E-state index >= 15 is 0 Å². The second-order valence-electron chi connectivity index (χ2n) is 6.06. The maximum Gasteiger partial charge on any atom is 0.255 e. The molecule has 1 amide bonds. The molecule has 0 aliphatic heterocycles. The number of ether oxygens (including phenoxy) is 2. The number of hydrogen-bond donors (Lipinski definition) is 1. The molecule has 0 spiro atoms. The molecule has 27 heavy (non-hydrogen) atoms. The third kappa shape index (κ3) is 4.64. The van der Waals surface area contributed by atoms with E-state index in [4.69, 9.17) is 9.47 Å². The Bertz CT molecular complexity index is 942. The molecule has 0 aliphatic rings. The Kier molecular flexibility index (Phi) is 5.71. The van der Waals surface area contributed by atoms with Gasteiger partial charge in [-0.15, -0.1) is 0 Å². The Balaban J connectivity index is 1.72. The molecule has 4 nitrogen and oxygen atoms in total. The van der Waals surface area contributed by atoms with Gasteiger partial charge in [0.1, 0.15) is 12.4 Å². The Labute approximate surface area is 157 Å². The van der Waals surface area contributed by atoms with Crippen LogP contribution in [0.3, 0.4) is 0 Å². The molecule has 0 radical (unpaired) electrons. The van der Waals surface area contributed by atoms with Crippen LogP contribution in [0.15, 0.2) is 66.7 Å². The molecule has 0 fully saturated rings. The zero-order valence-electron chi connectivity index (χ0n) is 15.2. The van der Waals surface area contributed by atoms with Crippen LogP contribution in [-0.2, 0) is 6.61 Å². The van der Waals surface area contributed by atoms with E-state index in [2.05, 4.69) is 5.32 Å². The number of amides is 1. The summed E-state index contributed by atoms with van der Waals surface area (Å²) >= 11 is 0. The topological polar surface area (TPSA) is 47.6 Å². The fourth-order valence-electron chi connectivity index (χ4n) is 2.59. The van der Waals surface area contributed by atoms with Gasteiger partial charge in [-0.1, -0.05) is 30.3 Å². The first-order chi connectivity index (χ1) is 13.1. The normalized spacial score (nSPS) is 10.3. The third-order valence-electron chi connectivity index (χ3n) is 4.08. The number of hydrogen-bond acceptors (Lipinski definition) is 3. The van der Waals surface area contributed by atoms with E-state index in [1.807, 2.05) is 30.3 Å². The first kappa shape index (κ1) is 18.5. The predicted molar refractivity (Wildman–Crippen MR) is 103 cm³/mol. The first-order valence-corrected chi connectivity index (χ1v) is 8.49. The van der Waals surface area contributed by atoms with Crippen molar-refractivity contribution in [2.24, 2.45) is 0 Å². The van der Waals surface area contributed by atoms with Gasteiger partial charge in [-0.2, -0.15) is 0 Å². The van der Waals surface area contributed by atoms with Crippen LogP contribution in [0, 0.1) is 12.7 Å². The largest absolute Gasteiger partial charge is 0.493 e. The molecule has 0 heterocycles. The molecule has 0 aromatic heterocycles. The highest BCUT2D eigenvalue weighted by atomic mass is 19.1. The van der Waals surface area contributed by atoms with Crippen LogP contribution in [-0.4, -0.2) is 13.0 Å². The quantitative estimate of drug-likeness (QED) is 0.671. The van der Waals surface area contributed by atoms with Gasteiger partial charge in [0.2, 0.25) is 0 Å². The lowest BCUT2D eigenvalue weighted by Gasteiger charge is -2.13. The molecule has 0 unspecified atom stereocenters. The molecule has 3 aromatic rings. The van der Waals surface area contributed by atoms with E-state index in [1.54, 1.807) is 31.2 Å². The summed E-state index contributed by atoms with van der Waals surface area (Å²) in [5.41, 5.74) is 2.45. The number of benzene rings is 3. The van der Waals surface area contributed by atoms with Crippen molar-refractivity contribution in [2.75, 3.05) is 12.4 Å². The molecule has 0 bridgehead atoms. The average Bonchev–Trinajstić information content (AvgIpc) is 2.69. The Morgan fingerprint density at radius 3 is 2.48 bits per heavy atom. The highest BCUT2D eigenvalue weighted by Gasteiger charge is 2.12. The Hall–Kier alpha value is -3.34. The van der Waals surface area contributed by atoms with E-state index in [-0.39, 0.29) is 11.7 Å². The average molecular weight is 365 g/mol. The van der Waals surface area contributed by atoms with Crippen molar-refractivity contribution in [2.45, 2.75) is 13.5 Å². The summed E-state index contributed by atoms with van der Waals surface area (Å²) in [7, 11) is 1.52. The van der Waals surface area contributed by atoms with Crippen molar-refractivity contribution in [1.29, 1.82) is 0 Å². The molecule has 3 aromatic carbocycles. The summed E-state index contributed by atoms with van der Waals surface area (Å²) in [5, 5.41) is 2.75. The number of nitrogens with one attached hydrogen (secondary N) is 1. The van der Waals surface area contributed by atoms with Crippen molar-refractivity contribution >= 4 is 11.6 Å². The second-order valence-corrected chi connectivity index (χ2v) is 6.06. The molecule has 5 heteroatoms. The predicted octanol–water partition coefficient (Wildman–Crippen LogP) is 4.97. The van der Waals surface area contributed by atoms with Crippen LogP contribution in [0.5, 0.6) is 11.5 Å². The summed E-state index contributed by atoms with van der Waals surface area (Å²) < 4.78 is 24.5. The molecular formula is C22H20FNO3. The maximum atomic E-state index is 13.4. The molecule has 138 valence electrons. The monoisotopic (exact) mass is 365 g/mol. The summed E-state index contributed by atoms with van der Waals surface area (Å²) in [6.45, 7) is 2.05. The maximum absolute atomic E-state index is 13.4. The van der Waals surface area contributed by atoms with E-state index in [9.17, 15) is 9.18 Å². The van der Waals surface area contributed by atoms with Crippen LogP contribution in [0.4, 0.5) is 10.1 Å². The van der Waals surface area contributed by atoms with Gasteiger partial charge in [0.25, 0.3) is 5.91 Å². The van der Waals surface area contributed by atoms with E-state index < -0.39 is 0 Å². The number of carbonyl (C=O) groups is 1. The minimum absolute atomic E-state index is 0.311. The van der Waals surface area contributed by atoms with Gasteiger partial charge in [-0.3, -0.25) is 4.79 Å². The molecular weight excluding hydrogens is 345 g/mol. The van der Waals surface area contributed by atoms with Gasteiger partial charge in [0.05, 0.1) is 7.11 Å². The molecule has 0 saturated carbocycles. The standard InChI is InChI=1S/C22H20FNO3/c1-15-12-18(9-10-19(15)23)24-22(25)17-8-11-20(21(13-17)26-2)27-14-16-6-4-3-5-7-16/h3-13H,14H2,1-2H3,(H,24,25). The van der Waals surface area contributed by atoms with E-state index in [0.29, 0.717) is 34.9 Å². The summed E-state index contributed by atoms with van der Waals surface area (Å²) in [4.78, 5) is 12.5. The molecule has 1 N–H and O–H groups in total. The molecule has 0 saturated heterocycles. The number of methoxy groups -OCH3 is 1. The first-order valence-electron chi connectivity index (χ1n) is 8.49. The van der Waals surface area contributed by atoms with E-state index in [1.165, 1.54) is 19.2 Å². The minimum Gasteiger partial charge on any atom is -0.493 e. The van der Waals surface area contributed by atoms with Gasteiger partial charge in [-0.25, -0.2) is 4.39 Å². The van der Waals surface area contributed by atoms with Gasteiger partial charge >= 0.3 is 0 Å². The Morgan fingerprint density at radius 2 is 1.78 bits per heavy atom. The molecule has 3 rings (SSSR count). The van der Waals surface area contributed by atoms with Crippen LogP contribution in [0.25, 0.3) is 0 Å².